The van der Waals surface area contributed by atoms with Crippen LogP contribution in [0.15, 0.2) is 0 Å². The molecule has 0 radical (unpaired) electrons. The molecule has 0 aliphatic carbocycles. The van der Waals surface area contributed by atoms with Crippen LogP contribution in [0.5, 0.6) is 0 Å². The molecule has 0 aromatic heterocycles. The monoisotopic (exact) mass is 199 g/mol. The average Bonchev–Trinajstić information content (AvgIpc) is 2.14. The highest BCUT2D eigenvalue weighted by molar-refractivity contribution is 4.74. The summed E-state index contributed by atoms with van der Waals surface area (Å²) in [5.41, 5.74) is 0.311. The normalized spacial score (nSPS) is 20.4. The molecule has 1 saturated heterocycles. The van der Waals surface area contributed by atoms with E-state index in [4.69, 9.17) is 4.74 Å². The molecule has 1 heterocycles. The lowest BCUT2D eigenvalue weighted by Gasteiger charge is -2.33. The fourth-order valence-corrected chi connectivity index (χ4v) is 1.75. The Morgan fingerprint density at radius 1 is 1.21 bits per heavy atom. The molecule has 0 spiro atoms. The van der Waals surface area contributed by atoms with Crippen molar-refractivity contribution in [3.63, 3.8) is 0 Å². The summed E-state index contributed by atoms with van der Waals surface area (Å²) in [5, 5.41) is 0. The Kier molecular flexibility index (Phi) is 4.39. The van der Waals surface area contributed by atoms with Crippen molar-refractivity contribution in [3.05, 3.63) is 0 Å². The maximum absolute atomic E-state index is 5.36. The van der Waals surface area contributed by atoms with E-state index in [-0.39, 0.29) is 0 Å². The molecule has 84 valence electrons. The van der Waals surface area contributed by atoms with Crippen molar-refractivity contribution in [1.82, 2.24) is 4.90 Å². The lowest BCUT2D eigenvalue weighted by atomic mass is 9.95. The van der Waals surface area contributed by atoms with Crippen LogP contribution < -0.4 is 0 Å². The molecule has 0 atom stereocenters. The van der Waals surface area contributed by atoms with Gasteiger partial charge in [0.05, 0.1) is 0 Å². The first-order valence-corrected chi connectivity index (χ1v) is 5.79. The molecule has 0 aromatic rings. The summed E-state index contributed by atoms with van der Waals surface area (Å²) in [6.07, 6.45) is 3.85. The van der Waals surface area contributed by atoms with Crippen LogP contribution >= 0.6 is 0 Å². The third-order valence-electron chi connectivity index (χ3n) is 3.36. The fourth-order valence-electron chi connectivity index (χ4n) is 1.75. The van der Waals surface area contributed by atoms with Crippen molar-refractivity contribution in [2.45, 2.75) is 45.6 Å². The summed E-state index contributed by atoms with van der Waals surface area (Å²) < 4.78 is 5.36. The smallest absolute Gasteiger partial charge is 0.0468 e. The quantitative estimate of drug-likeness (QED) is 0.692. The van der Waals surface area contributed by atoms with Crippen LogP contribution in [0.1, 0.15) is 40.0 Å². The van der Waals surface area contributed by atoms with Gasteiger partial charge in [0.15, 0.2) is 0 Å². The number of ether oxygens (including phenoxy) is 1. The predicted octanol–water partition coefficient (Wildman–Crippen LogP) is 2.53. The molecule has 2 nitrogen and oxygen atoms in total. The highest BCUT2D eigenvalue weighted by Crippen LogP contribution is 2.20. The van der Waals surface area contributed by atoms with Crippen molar-refractivity contribution in [3.8, 4) is 0 Å². The van der Waals surface area contributed by atoms with Gasteiger partial charge in [-0.1, -0.05) is 0 Å². The summed E-state index contributed by atoms with van der Waals surface area (Å²) >= 11 is 0. The fraction of sp³-hybridized carbons (Fsp3) is 1.00. The Hall–Kier alpha value is -0.0800. The Labute approximate surface area is 88.6 Å². The molecule has 0 amide bonds. The molecule has 0 unspecified atom stereocenters. The third-order valence-corrected chi connectivity index (χ3v) is 3.36. The molecule has 1 aliphatic rings. The van der Waals surface area contributed by atoms with Gasteiger partial charge in [-0.25, -0.2) is 0 Å². The standard InChI is InChI=1S/C12H25NO/c1-12(2,3)13(4)8-5-11-6-9-14-10-7-11/h11H,5-10H2,1-4H3. The molecule has 0 saturated carbocycles. The van der Waals surface area contributed by atoms with Crippen molar-refractivity contribution >= 4 is 0 Å². The highest BCUT2D eigenvalue weighted by Gasteiger charge is 2.19. The van der Waals surface area contributed by atoms with Gasteiger partial charge in [0.25, 0.3) is 0 Å². The first kappa shape index (κ1) is 12.0. The van der Waals surface area contributed by atoms with E-state index < -0.39 is 0 Å². The van der Waals surface area contributed by atoms with Gasteiger partial charge in [-0.2, -0.15) is 0 Å². The predicted molar refractivity (Wildman–Crippen MR) is 60.5 cm³/mol. The molecule has 2 heteroatoms. The zero-order valence-electron chi connectivity index (χ0n) is 10.2. The van der Waals surface area contributed by atoms with E-state index in [1.807, 2.05) is 0 Å². The first-order valence-electron chi connectivity index (χ1n) is 5.79. The van der Waals surface area contributed by atoms with Crippen LogP contribution in [0, 0.1) is 5.92 Å². The summed E-state index contributed by atoms with van der Waals surface area (Å²) in [6, 6.07) is 0. The van der Waals surface area contributed by atoms with Crippen LogP contribution in [-0.4, -0.2) is 37.2 Å². The molecule has 0 aromatic carbocycles. The van der Waals surface area contributed by atoms with E-state index in [2.05, 4.69) is 32.7 Å². The Morgan fingerprint density at radius 3 is 2.29 bits per heavy atom. The van der Waals surface area contributed by atoms with E-state index in [1.54, 1.807) is 0 Å². The second kappa shape index (κ2) is 5.13. The van der Waals surface area contributed by atoms with Crippen molar-refractivity contribution in [2.24, 2.45) is 5.92 Å². The van der Waals surface area contributed by atoms with Gasteiger partial charge in [0, 0.05) is 18.8 Å². The van der Waals surface area contributed by atoms with Gasteiger partial charge < -0.3 is 9.64 Å². The molecule has 0 N–H and O–H groups in total. The number of hydrogen-bond acceptors (Lipinski definition) is 2. The van der Waals surface area contributed by atoms with Gasteiger partial charge in [-0.05, 0) is 59.5 Å². The van der Waals surface area contributed by atoms with Gasteiger partial charge in [-0.15, -0.1) is 0 Å². The van der Waals surface area contributed by atoms with Gasteiger partial charge in [0.2, 0.25) is 0 Å². The Morgan fingerprint density at radius 2 is 1.79 bits per heavy atom. The minimum atomic E-state index is 0.311. The van der Waals surface area contributed by atoms with Crippen molar-refractivity contribution in [2.75, 3.05) is 26.8 Å². The van der Waals surface area contributed by atoms with Crippen LogP contribution in [0.3, 0.4) is 0 Å². The lowest BCUT2D eigenvalue weighted by molar-refractivity contribution is 0.0568. The number of rotatable bonds is 3. The molecule has 14 heavy (non-hydrogen) atoms. The molecular formula is C12H25NO. The van der Waals surface area contributed by atoms with E-state index >= 15 is 0 Å². The summed E-state index contributed by atoms with van der Waals surface area (Å²) in [6.45, 7) is 9.99. The molecular weight excluding hydrogens is 174 g/mol. The minimum absolute atomic E-state index is 0.311. The van der Waals surface area contributed by atoms with Crippen LogP contribution in [0.2, 0.25) is 0 Å². The summed E-state index contributed by atoms with van der Waals surface area (Å²) in [4.78, 5) is 2.45. The molecule has 1 aliphatic heterocycles. The second-order valence-corrected chi connectivity index (χ2v) is 5.44. The minimum Gasteiger partial charge on any atom is -0.381 e. The van der Waals surface area contributed by atoms with E-state index in [1.165, 1.54) is 25.8 Å². The zero-order valence-corrected chi connectivity index (χ0v) is 10.2. The topological polar surface area (TPSA) is 12.5 Å². The Balaban J connectivity index is 2.19. The largest absolute Gasteiger partial charge is 0.381 e. The second-order valence-electron chi connectivity index (χ2n) is 5.44. The zero-order chi connectivity index (χ0) is 10.6. The van der Waals surface area contributed by atoms with Crippen molar-refractivity contribution in [1.29, 1.82) is 0 Å². The highest BCUT2D eigenvalue weighted by atomic mass is 16.5. The lowest BCUT2D eigenvalue weighted by Crippen LogP contribution is -2.39. The molecule has 1 rings (SSSR count). The maximum atomic E-state index is 5.36. The third kappa shape index (κ3) is 3.97. The van der Waals surface area contributed by atoms with Gasteiger partial charge in [-0.3, -0.25) is 0 Å². The van der Waals surface area contributed by atoms with Crippen LogP contribution in [0.25, 0.3) is 0 Å². The molecule has 0 bridgehead atoms. The van der Waals surface area contributed by atoms with E-state index in [0.29, 0.717) is 5.54 Å². The summed E-state index contributed by atoms with van der Waals surface area (Å²) in [5.74, 6) is 0.897. The maximum Gasteiger partial charge on any atom is 0.0468 e. The SMILES string of the molecule is CN(CCC1CCOCC1)C(C)(C)C. The van der Waals surface area contributed by atoms with E-state index in [0.717, 1.165) is 19.1 Å². The summed E-state index contributed by atoms with van der Waals surface area (Å²) in [7, 11) is 2.22. The number of nitrogens with zero attached hydrogens (tertiary/aromatic N) is 1. The van der Waals surface area contributed by atoms with Crippen molar-refractivity contribution < 1.29 is 4.74 Å². The van der Waals surface area contributed by atoms with Crippen LogP contribution in [0.4, 0.5) is 0 Å². The van der Waals surface area contributed by atoms with Gasteiger partial charge in [0.1, 0.15) is 0 Å². The van der Waals surface area contributed by atoms with Crippen LogP contribution in [-0.2, 0) is 4.74 Å². The average molecular weight is 199 g/mol. The van der Waals surface area contributed by atoms with E-state index in [9.17, 15) is 0 Å². The Bertz CT molecular complexity index is 156. The van der Waals surface area contributed by atoms with Gasteiger partial charge >= 0.3 is 0 Å². The molecule has 1 fully saturated rings. The number of hydrogen-bond donors (Lipinski definition) is 0. The first-order chi connectivity index (χ1) is 6.50.